The number of hydrogen-bond donors (Lipinski definition) is 0. The van der Waals surface area contributed by atoms with Gasteiger partial charge in [0.05, 0.1) is 32.3 Å². The van der Waals surface area contributed by atoms with Gasteiger partial charge in [-0.1, -0.05) is 13.2 Å². The van der Waals surface area contributed by atoms with E-state index in [-0.39, 0.29) is 18.6 Å². The average Bonchev–Trinajstić information content (AvgIpc) is 2.87. The van der Waals surface area contributed by atoms with E-state index in [4.69, 9.17) is 18.9 Å². The van der Waals surface area contributed by atoms with Gasteiger partial charge in [-0.15, -0.1) is 0 Å². The minimum Gasteiger partial charge on any atom is -0.494 e. The third kappa shape index (κ3) is 9.55. The van der Waals surface area contributed by atoms with E-state index in [0.717, 1.165) is 6.08 Å². The SMILES string of the molecule is C=CC(=O)Oc1ccc(OC(=O)c2ccc(OCCCCOC(=O)C(=C)CC(=O)OC)cc2)cc1. The van der Waals surface area contributed by atoms with Crippen molar-refractivity contribution < 1.29 is 42.9 Å². The third-order valence-electron chi connectivity index (χ3n) is 4.42. The molecule has 0 fully saturated rings. The molecule has 2 aromatic rings. The summed E-state index contributed by atoms with van der Waals surface area (Å²) in [6.07, 6.45) is 2.03. The van der Waals surface area contributed by atoms with Crippen LogP contribution in [0, 0.1) is 0 Å². The summed E-state index contributed by atoms with van der Waals surface area (Å²) >= 11 is 0. The first-order chi connectivity index (χ1) is 16.8. The molecule has 0 aliphatic rings. The van der Waals surface area contributed by atoms with Crippen molar-refractivity contribution in [2.75, 3.05) is 20.3 Å². The van der Waals surface area contributed by atoms with Crippen molar-refractivity contribution >= 4 is 23.9 Å². The summed E-state index contributed by atoms with van der Waals surface area (Å²) in [6, 6.07) is 12.5. The van der Waals surface area contributed by atoms with Crippen molar-refractivity contribution in [3.8, 4) is 17.2 Å². The number of esters is 4. The first-order valence-electron chi connectivity index (χ1n) is 10.6. The fraction of sp³-hybridized carbons (Fsp3) is 0.231. The smallest absolute Gasteiger partial charge is 0.343 e. The van der Waals surface area contributed by atoms with Gasteiger partial charge in [0, 0.05) is 11.6 Å². The highest BCUT2D eigenvalue weighted by molar-refractivity contribution is 5.93. The summed E-state index contributed by atoms with van der Waals surface area (Å²) in [5.74, 6) is -1.16. The lowest BCUT2D eigenvalue weighted by atomic mass is 10.2. The fourth-order valence-corrected chi connectivity index (χ4v) is 2.57. The summed E-state index contributed by atoms with van der Waals surface area (Å²) in [4.78, 5) is 46.3. The Kier molecular flexibility index (Phi) is 10.7. The van der Waals surface area contributed by atoms with Crippen LogP contribution < -0.4 is 14.2 Å². The summed E-state index contributed by atoms with van der Waals surface area (Å²) in [5.41, 5.74) is 0.372. The van der Waals surface area contributed by atoms with E-state index in [2.05, 4.69) is 17.9 Å². The first-order valence-corrected chi connectivity index (χ1v) is 10.6. The van der Waals surface area contributed by atoms with Crippen LogP contribution in [0.15, 0.2) is 73.3 Å². The van der Waals surface area contributed by atoms with Gasteiger partial charge < -0.3 is 23.7 Å². The predicted molar refractivity (Wildman–Crippen MR) is 125 cm³/mol. The van der Waals surface area contributed by atoms with E-state index in [1.165, 1.54) is 31.4 Å². The Hall–Kier alpha value is -4.40. The standard InChI is InChI=1S/C26H26O9/c1-4-23(27)34-21-11-13-22(14-12-21)35-26(30)19-7-9-20(10-8-19)32-15-5-6-16-33-25(29)18(2)17-24(28)31-3/h4,7-14H,1-2,5-6,15-17H2,3H3. The Morgan fingerprint density at radius 3 is 2.00 bits per heavy atom. The highest BCUT2D eigenvalue weighted by Crippen LogP contribution is 2.20. The molecule has 0 heterocycles. The zero-order chi connectivity index (χ0) is 25.6. The van der Waals surface area contributed by atoms with Crippen molar-refractivity contribution in [2.24, 2.45) is 0 Å². The van der Waals surface area contributed by atoms with Crippen LogP contribution in [0.2, 0.25) is 0 Å². The zero-order valence-electron chi connectivity index (χ0n) is 19.3. The average molecular weight is 482 g/mol. The van der Waals surface area contributed by atoms with Gasteiger partial charge in [0.25, 0.3) is 0 Å². The van der Waals surface area contributed by atoms with Crippen LogP contribution in [0.3, 0.4) is 0 Å². The Bertz CT molecular complexity index is 1050. The van der Waals surface area contributed by atoms with Crippen LogP contribution >= 0.6 is 0 Å². The van der Waals surface area contributed by atoms with Crippen LogP contribution in [-0.4, -0.2) is 44.2 Å². The van der Waals surface area contributed by atoms with Crippen molar-refractivity contribution in [3.05, 3.63) is 78.9 Å². The largest absolute Gasteiger partial charge is 0.494 e. The third-order valence-corrected chi connectivity index (χ3v) is 4.42. The van der Waals surface area contributed by atoms with Crippen LogP contribution in [0.25, 0.3) is 0 Å². The molecule has 0 aromatic heterocycles. The molecule has 0 spiro atoms. The molecule has 0 saturated heterocycles. The second kappa shape index (κ2) is 14.0. The molecular weight excluding hydrogens is 456 g/mol. The summed E-state index contributed by atoms with van der Waals surface area (Å²) in [7, 11) is 1.23. The van der Waals surface area contributed by atoms with Crippen LogP contribution in [0.5, 0.6) is 17.2 Å². The van der Waals surface area contributed by atoms with Crippen LogP contribution in [0.4, 0.5) is 0 Å². The number of carbonyl (C=O) groups is 4. The normalized spacial score (nSPS) is 9.97. The molecule has 35 heavy (non-hydrogen) atoms. The van der Waals surface area contributed by atoms with E-state index in [9.17, 15) is 19.2 Å². The molecule has 0 N–H and O–H groups in total. The number of rotatable bonds is 13. The zero-order valence-corrected chi connectivity index (χ0v) is 19.3. The lowest BCUT2D eigenvalue weighted by Crippen LogP contribution is -2.13. The number of benzene rings is 2. The molecule has 9 nitrogen and oxygen atoms in total. The molecule has 0 aliphatic heterocycles. The number of methoxy groups -OCH3 is 1. The van der Waals surface area contributed by atoms with E-state index >= 15 is 0 Å². The summed E-state index contributed by atoms with van der Waals surface area (Å²) in [5, 5.41) is 0. The van der Waals surface area contributed by atoms with Crippen molar-refractivity contribution in [1.82, 2.24) is 0 Å². The molecule has 2 aromatic carbocycles. The monoisotopic (exact) mass is 482 g/mol. The van der Waals surface area contributed by atoms with E-state index in [1.807, 2.05) is 0 Å². The lowest BCUT2D eigenvalue weighted by Gasteiger charge is -2.09. The molecule has 9 heteroatoms. The van der Waals surface area contributed by atoms with Crippen molar-refractivity contribution in [2.45, 2.75) is 19.3 Å². The summed E-state index contributed by atoms with van der Waals surface area (Å²) in [6.45, 7) is 7.38. The Morgan fingerprint density at radius 2 is 1.40 bits per heavy atom. The lowest BCUT2D eigenvalue weighted by molar-refractivity contribution is -0.144. The number of hydrogen-bond acceptors (Lipinski definition) is 9. The molecule has 0 aliphatic carbocycles. The van der Waals surface area contributed by atoms with Gasteiger partial charge in [-0.3, -0.25) is 4.79 Å². The first kappa shape index (κ1) is 26.8. The molecular formula is C26H26O9. The van der Waals surface area contributed by atoms with Crippen LogP contribution in [0.1, 0.15) is 29.6 Å². The maximum Gasteiger partial charge on any atom is 0.343 e. The van der Waals surface area contributed by atoms with Gasteiger partial charge in [-0.05, 0) is 61.4 Å². The molecule has 0 saturated carbocycles. The van der Waals surface area contributed by atoms with Crippen LogP contribution in [-0.2, 0) is 23.9 Å². The van der Waals surface area contributed by atoms with E-state index in [1.54, 1.807) is 24.3 Å². The highest BCUT2D eigenvalue weighted by atomic mass is 16.5. The van der Waals surface area contributed by atoms with Gasteiger partial charge in [-0.25, -0.2) is 14.4 Å². The topological polar surface area (TPSA) is 114 Å². The number of unbranched alkanes of at least 4 members (excludes halogenated alkanes) is 1. The number of carbonyl (C=O) groups excluding carboxylic acids is 4. The molecule has 0 radical (unpaired) electrons. The maximum absolute atomic E-state index is 12.3. The second-order valence-electron chi connectivity index (χ2n) is 7.06. The molecule has 0 amide bonds. The molecule has 0 bridgehead atoms. The van der Waals surface area contributed by atoms with Crippen molar-refractivity contribution in [1.29, 1.82) is 0 Å². The Balaban J connectivity index is 1.69. The minimum atomic E-state index is -0.633. The van der Waals surface area contributed by atoms with Gasteiger partial charge in [0.2, 0.25) is 0 Å². The molecule has 0 unspecified atom stereocenters. The van der Waals surface area contributed by atoms with Crippen molar-refractivity contribution in [3.63, 3.8) is 0 Å². The van der Waals surface area contributed by atoms with Gasteiger partial charge in [0.1, 0.15) is 17.2 Å². The Labute approximate surface area is 202 Å². The summed E-state index contributed by atoms with van der Waals surface area (Å²) < 4.78 is 25.4. The highest BCUT2D eigenvalue weighted by Gasteiger charge is 2.13. The molecule has 2 rings (SSSR count). The van der Waals surface area contributed by atoms with Gasteiger partial charge >= 0.3 is 23.9 Å². The Morgan fingerprint density at radius 1 is 0.829 bits per heavy atom. The second-order valence-corrected chi connectivity index (χ2v) is 7.06. The van der Waals surface area contributed by atoms with E-state index in [0.29, 0.717) is 42.3 Å². The predicted octanol–water partition coefficient (Wildman–Crippen LogP) is 3.82. The molecule has 0 atom stereocenters. The number of ether oxygens (including phenoxy) is 5. The fourth-order valence-electron chi connectivity index (χ4n) is 2.57. The minimum absolute atomic E-state index is 0.0396. The van der Waals surface area contributed by atoms with E-state index < -0.39 is 23.9 Å². The molecule has 184 valence electrons. The van der Waals surface area contributed by atoms with Gasteiger partial charge in [0.15, 0.2) is 0 Å². The quantitative estimate of drug-likeness (QED) is 0.182. The van der Waals surface area contributed by atoms with Gasteiger partial charge in [-0.2, -0.15) is 0 Å². The maximum atomic E-state index is 12.3.